The molecular formula is C15H24N2O3. The van der Waals surface area contributed by atoms with E-state index in [1.54, 1.807) is 4.90 Å². The molecule has 0 radical (unpaired) electrons. The van der Waals surface area contributed by atoms with Crippen molar-refractivity contribution in [2.45, 2.75) is 45.4 Å². The summed E-state index contributed by atoms with van der Waals surface area (Å²) < 4.78 is 0. The Hall–Kier alpha value is -1.70. The third-order valence-electron chi connectivity index (χ3n) is 4.16. The van der Waals surface area contributed by atoms with E-state index in [9.17, 15) is 14.7 Å². The zero-order valence-electron chi connectivity index (χ0n) is 12.2. The Balaban J connectivity index is 2.32. The van der Waals surface area contributed by atoms with Crippen LogP contribution in [0.15, 0.2) is 0 Å². The van der Waals surface area contributed by atoms with Gasteiger partial charge in [-0.1, -0.05) is 6.92 Å². The second-order valence-electron chi connectivity index (χ2n) is 5.32. The Kier molecular flexibility index (Phi) is 6.37. The van der Waals surface area contributed by atoms with Gasteiger partial charge in [-0.3, -0.25) is 4.79 Å². The molecule has 1 fully saturated rings. The quantitative estimate of drug-likeness (QED) is 0.578. The minimum absolute atomic E-state index is 0.0965. The maximum absolute atomic E-state index is 11.9. The lowest BCUT2D eigenvalue weighted by atomic mass is 9.76. The summed E-state index contributed by atoms with van der Waals surface area (Å²) in [6, 6.07) is -0.0965. The summed E-state index contributed by atoms with van der Waals surface area (Å²) in [4.78, 5) is 25.0. The average Bonchev–Trinajstić information content (AvgIpc) is 2.46. The van der Waals surface area contributed by atoms with Crippen molar-refractivity contribution in [3.63, 3.8) is 0 Å². The Morgan fingerprint density at radius 2 is 2.00 bits per heavy atom. The van der Waals surface area contributed by atoms with Crippen LogP contribution in [0.4, 0.5) is 4.79 Å². The number of carboxylic acids is 1. The lowest BCUT2D eigenvalue weighted by Gasteiger charge is -2.38. The Morgan fingerprint density at radius 1 is 1.35 bits per heavy atom. The number of nitrogens with zero attached hydrogens (tertiary/aromatic N) is 1. The highest BCUT2D eigenvalue weighted by Gasteiger charge is 2.40. The van der Waals surface area contributed by atoms with E-state index in [0.29, 0.717) is 38.9 Å². The molecule has 1 aliphatic heterocycles. The van der Waals surface area contributed by atoms with Crippen LogP contribution in [0.2, 0.25) is 0 Å². The molecule has 5 nitrogen and oxygen atoms in total. The van der Waals surface area contributed by atoms with Crippen LogP contribution in [0.25, 0.3) is 0 Å². The first-order valence-corrected chi connectivity index (χ1v) is 7.25. The van der Waals surface area contributed by atoms with Crippen molar-refractivity contribution in [3.05, 3.63) is 0 Å². The number of carbonyl (C=O) groups is 2. The van der Waals surface area contributed by atoms with Crippen LogP contribution in [0.3, 0.4) is 0 Å². The SMILES string of the molecule is C#CCCCCNC(=O)N1CCC(CC)(C(=O)O)CC1. The highest BCUT2D eigenvalue weighted by Crippen LogP contribution is 2.35. The van der Waals surface area contributed by atoms with Crippen molar-refractivity contribution in [1.82, 2.24) is 10.2 Å². The van der Waals surface area contributed by atoms with Crippen LogP contribution in [-0.4, -0.2) is 41.6 Å². The van der Waals surface area contributed by atoms with Gasteiger partial charge in [0.15, 0.2) is 0 Å². The monoisotopic (exact) mass is 280 g/mol. The lowest BCUT2D eigenvalue weighted by molar-refractivity contribution is -0.151. The third kappa shape index (κ3) is 4.16. The molecule has 5 heteroatoms. The van der Waals surface area contributed by atoms with E-state index in [2.05, 4.69) is 11.2 Å². The largest absolute Gasteiger partial charge is 0.481 e. The minimum atomic E-state index is -0.741. The number of carbonyl (C=O) groups excluding carboxylic acids is 1. The van der Waals surface area contributed by atoms with E-state index < -0.39 is 11.4 Å². The smallest absolute Gasteiger partial charge is 0.317 e. The van der Waals surface area contributed by atoms with Crippen LogP contribution in [0.1, 0.15) is 45.4 Å². The van der Waals surface area contributed by atoms with Crippen LogP contribution in [0.5, 0.6) is 0 Å². The summed E-state index contributed by atoms with van der Waals surface area (Å²) in [5.74, 6) is 1.83. The zero-order chi connectivity index (χ0) is 15.0. The van der Waals surface area contributed by atoms with Crippen molar-refractivity contribution >= 4 is 12.0 Å². The van der Waals surface area contributed by atoms with Crippen molar-refractivity contribution in [3.8, 4) is 12.3 Å². The topological polar surface area (TPSA) is 69.6 Å². The standard InChI is InChI=1S/C15H24N2O3/c1-3-5-6-7-10-16-14(20)17-11-8-15(4-2,9-12-17)13(18)19/h1H,4-12H2,2H3,(H,16,20)(H,18,19). The van der Waals surface area contributed by atoms with Crippen LogP contribution in [-0.2, 0) is 4.79 Å². The van der Waals surface area contributed by atoms with Gasteiger partial charge in [0.1, 0.15) is 0 Å². The Bertz CT molecular complexity index is 379. The average molecular weight is 280 g/mol. The number of piperidine rings is 1. The lowest BCUT2D eigenvalue weighted by Crippen LogP contribution is -2.49. The van der Waals surface area contributed by atoms with E-state index in [0.717, 1.165) is 19.3 Å². The summed E-state index contributed by atoms with van der Waals surface area (Å²) in [5, 5.41) is 12.2. The molecule has 0 unspecified atom stereocenters. The zero-order valence-corrected chi connectivity index (χ0v) is 12.2. The highest BCUT2D eigenvalue weighted by molar-refractivity contribution is 5.77. The van der Waals surface area contributed by atoms with Gasteiger partial charge >= 0.3 is 12.0 Å². The molecule has 0 aromatic rings. The normalized spacial score (nSPS) is 17.3. The van der Waals surface area contributed by atoms with Crippen molar-refractivity contribution in [2.24, 2.45) is 5.41 Å². The molecule has 0 spiro atoms. The van der Waals surface area contributed by atoms with E-state index in [1.807, 2.05) is 6.92 Å². The fourth-order valence-corrected chi connectivity index (χ4v) is 2.52. The van der Waals surface area contributed by atoms with Gasteiger partial charge in [0.2, 0.25) is 0 Å². The predicted octanol–water partition coefficient (Wildman–Crippen LogP) is 2.08. The van der Waals surface area contributed by atoms with E-state index in [1.165, 1.54) is 0 Å². The number of aliphatic carboxylic acids is 1. The molecule has 1 rings (SSSR count). The van der Waals surface area contributed by atoms with Gasteiger partial charge in [-0.25, -0.2) is 4.79 Å². The van der Waals surface area contributed by atoms with E-state index >= 15 is 0 Å². The maximum Gasteiger partial charge on any atom is 0.317 e. The maximum atomic E-state index is 11.9. The number of urea groups is 1. The summed E-state index contributed by atoms with van der Waals surface area (Å²) in [6.45, 7) is 3.54. The molecular weight excluding hydrogens is 256 g/mol. The minimum Gasteiger partial charge on any atom is -0.481 e. The third-order valence-corrected chi connectivity index (χ3v) is 4.16. The number of rotatable bonds is 6. The fourth-order valence-electron chi connectivity index (χ4n) is 2.52. The molecule has 20 heavy (non-hydrogen) atoms. The first-order chi connectivity index (χ1) is 9.55. The van der Waals surface area contributed by atoms with Crippen LogP contribution >= 0.6 is 0 Å². The summed E-state index contributed by atoms with van der Waals surface area (Å²) in [7, 11) is 0. The Morgan fingerprint density at radius 3 is 2.50 bits per heavy atom. The van der Waals surface area contributed by atoms with Crippen molar-refractivity contribution in [2.75, 3.05) is 19.6 Å². The van der Waals surface area contributed by atoms with Gasteiger partial charge in [0.05, 0.1) is 5.41 Å². The molecule has 1 saturated heterocycles. The highest BCUT2D eigenvalue weighted by atomic mass is 16.4. The molecule has 1 aliphatic rings. The Labute approximate surface area is 120 Å². The number of amides is 2. The molecule has 0 saturated carbocycles. The van der Waals surface area contributed by atoms with E-state index in [4.69, 9.17) is 6.42 Å². The van der Waals surface area contributed by atoms with E-state index in [-0.39, 0.29) is 6.03 Å². The molecule has 0 atom stereocenters. The number of unbranched alkanes of at least 4 members (excludes halogenated alkanes) is 2. The van der Waals surface area contributed by atoms with Gasteiger partial charge in [-0.15, -0.1) is 12.3 Å². The summed E-state index contributed by atoms with van der Waals surface area (Å²) >= 11 is 0. The van der Waals surface area contributed by atoms with Gasteiger partial charge in [0.25, 0.3) is 0 Å². The predicted molar refractivity (Wildman–Crippen MR) is 77.2 cm³/mol. The summed E-state index contributed by atoms with van der Waals surface area (Å²) in [6.07, 6.45) is 9.35. The number of hydrogen-bond donors (Lipinski definition) is 2. The molecule has 2 amide bonds. The number of likely N-dealkylation sites (tertiary alicyclic amines) is 1. The number of terminal acetylenes is 1. The molecule has 2 N–H and O–H groups in total. The van der Waals surface area contributed by atoms with Gasteiger partial charge in [0, 0.05) is 26.1 Å². The molecule has 0 aromatic carbocycles. The van der Waals surface area contributed by atoms with Gasteiger partial charge < -0.3 is 15.3 Å². The van der Waals surface area contributed by atoms with Crippen molar-refractivity contribution < 1.29 is 14.7 Å². The van der Waals surface area contributed by atoms with Crippen LogP contribution in [0, 0.1) is 17.8 Å². The number of nitrogens with one attached hydrogen (secondary N) is 1. The number of carboxylic acid groups (broad SMARTS) is 1. The first kappa shape index (κ1) is 16.4. The molecule has 112 valence electrons. The van der Waals surface area contributed by atoms with Crippen LogP contribution < -0.4 is 5.32 Å². The number of hydrogen-bond acceptors (Lipinski definition) is 2. The molecule has 0 aromatic heterocycles. The van der Waals surface area contributed by atoms with Crippen molar-refractivity contribution in [1.29, 1.82) is 0 Å². The second-order valence-corrected chi connectivity index (χ2v) is 5.32. The summed E-state index contributed by atoms with van der Waals surface area (Å²) in [5.41, 5.74) is -0.649. The molecule has 0 aliphatic carbocycles. The second kappa shape index (κ2) is 7.78. The molecule has 1 heterocycles. The first-order valence-electron chi connectivity index (χ1n) is 7.25. The fraction of sp³-hybridized carbons (Fsp3) is 0.733. The molecule has 0 bridgehead atoms. The van der Waals surface area contributed by atoms with Gasteiger partial charge in [-0.2, -0.15) is 0 Å². The van der Waals surface area contributed by atoms with Gasteiger partial charge in [-0.05, 0) is 32.1 Å².